The number of amides is 2. The maximum Gasteiger partial charge on any atom is 0.341 e. The normalized spacial score (nSPS) is 15.4. The van der Waals surface area contributed by atoms with Crippen LogP contribution in [-0.2, 0) is 14.4 Å². The molecule has 1 aliphatic heterocycles. The Kier molecular flexibility index (Phi) is 6.23. The third kappa shape index (κ3) is 4.76. The van der Waals surface area contributed by atoms with Crippen LogP contribution in [0.2, 0.25) is 0 Å². The first-order chi connectivity index (χ1) is 12.3. The van der Waals surface area contributed by atoms with Gasteiger partial charge in [-0.2, -0.15) is 0 Å². The highest BCUT2D eigenvalue weighted by Crippen LogP contribution is 2.34. The van der Waals surface area contributed by atoms with E-state index in [4.69, 9.17) is 19.7 Å². The van der Waals surface area contributed by atoms with Crippen LogP contribution in [0.5, 0.6) is 11.5 Å². The SMILES string of the molecule is CCOc1cc(/C=C2/SC(=O)N(CC(=O)O)C2=O)ccc1OCC(=O)O. The summed E-state index contributed by atoms with van der Waals surface area (Å²) in [6.07, 6.45) is 1.43. The summed E-state index contributed by atoms with van der Waals surface area (Å²) in [4.78, 5) is 46.0. The predicted octanol–water partition coefficient (Wildman–Crippen LogP) is 1.67. The fourth-order valence-corrected chi connectivity index (χ4v) is 2.90. The first-order valence-corrected chi connectivity index (χ1v) is 8.22. The van der Waals surface area contributed by atoms with Crippen LogP contribution in [0, 0.1) is 0 Å². The minimum Gasteiger partial charge on any atom is -0.490 e. The number of aliphatic carboxylic acids is 2. The van der Waals surface area contributed by atoms with Gasteiger partial charge in [0.15, 0.2) is 18.1 Å². The van der Waals surface area contributed by atoms with Crippen molar-refractivity contribution < 1.29 is 38.9 Å². The molecule has 2 rings (SSSR count). The van der Waals surface area contributed by atoms with Crippen LogP contribution in [0.15, 0.2) is 23.1 Å². The smallest absolute Gasteiger partial charge is 0.341 e. The summed E-state index contributed by atoms with van der Waals surface area (Å²) in [6, 6.07) is 4.58. The third-order valence-electron chi connectivity index (χ3n) is 3.08. The molecular formula is C16H15NO8S. The molecule has 26 heavy (non-hydrogen) atoms. The van der Waals surface area contributed by atoms with Crippen LogP contribution >= 0.6 is 11.8 Å². The number of carboxylic acid groups (broad SMARTS) is 2. The fraction of sp³-hybridized carbons (Fsp3) is 0.250. The largest absolute Gasteiger partial charge is 0.490 e. The lowest BCUT2D eigenvalue weighted by Crippen LogP contribution is -2.33. The quantitative estimate of drug-likeness (QED) is 0.646. The van der Waals surface area contributed by atoms with Crippen molar-refractivity contribution in [3.63, 3.8) is 0 Å². The van der Waals surface area contributed by atoms with E-state index in [1.807, 2.05) is 0 Å². The van der Waals surface area contributed by atoms with Crippen molar-refractivity contribution in [3.05, 3.63) is 28.7 Å². The molecule has 0 unspecified atom stereocenters. The van der Waals surface area contributed by atoms with Crippen molar-refractivity contribution in [1.82, 2.24) is 4.90 Å². The summed E-state index contributed by atoms with van der Waals surface area (Å²) < 4.78 is 10.5. The van der Waals surface area contributed by atoms with Gasteiger partial charge in [0.05, 0.1) is 11.5 Å². The molecule has 10 heteroatoms. The number of thioether (sulfide) groups is 1. The van der Waals surface area contributed by atoms with Gasteiger partial charge in [-0.3, -0.25) is 19.3 Å². The molecule has 0 radical (unpaired) electrons. The number of hydrogen-bond donors (Lipinski definition) is 2. The second-order valence-corrected chi connectivity index (χ2v) is 5.98. The first-order valence-electron chi connectivity index (χ1n) is 7.40. The number of imide groups is 1. The molecule has 1 saturated heterocycles. The molecule has 0 bridgehead atoms. The summed E-state index contributed by atoms with van der Waals surface area (Å²) in [6.45, 7) is 0.814. The monoisotopic (exact) mass is 381 g/mol. The van der Waals surface area contributed by atoms with Gasteiger partial charge in [-0.25, -0.2) is 4.79 Å². The minimum absolute atomic E-state index is 0.0814. The van der Waals surface area contributed by atoms with Gasteiger partial charge < -0.3 is 19.7 Å². The Hall–Kier alpha value is -3.01. The zero-order chi connectivity index (χ0) is 19.3. The van der Waals surface area contributed by atoms with Crippen molar-refractivity contribution in [1.29, 1.82) is 0 Å². The molecule has 1 aromatic carbocycles. The van der Waals surface area contributed by atoms with Gasteiger partial charge in [-0.1, -0.05) is 6.07 Å². The summed E-state index contributed by atoms with van der Waals surface area (Å²) in [7, 11) is 0. The first kappa shape index (κ1) is 19.3. The number of nitrogens with zero attached hydrogens (tertiary/aromatic N) is 1. The molecule has 0 aromatic heterocycles. The molecule has 0 saturated carbocycles. The Morgan fingerprint density at radius 1 is 1.15 bits per heavy atom. The number of carbonyl (C=O) groups excluding carboxylic acids is 2. The van der Waals surface area contributed by atoms with E-state index in [1.54, 1.807) is 13.0 Å². The van der Waals surface area contributed by atoms with E-state index in [9.17, 15) is 19.2 Å². The van der Waals surface area contributed by atoms with Crippen LogP contribution in [0.4, 0.5) is 4.79 Å². The average Bonchev–Trinajstić information content (AvgIpc) is 2.81. The Morgan fingerprint density at radius 3 is 2.50 bits per heavy atom. The predicted molar refractivity (Wildman–Crippen MR) is 91.1 cm³/mol. The highest BCUT2D eigenvalue weighted by molar-refractivity contribution is 8.18. The summed E-state index contributed by atoms with van der Waals surface area (Å²) in [5.74, 6) is -2.60. The number of benzene rings is 1. The maximum absolute atomic E-state index is 12.1. The molecule has 1 fully saturated rings. The van der Waals surface area contributed by atoms with Gasteiger partial charge in [0.1, 0.15) is 6.54 Å². The Labute approximate surface area is 152 Å². The van der Waals surface area contributed by atoms with Crippen LogP contribution in [-0.4, -0.2) is 58.0 Å². The van der Waals surface area contributed by atoms with Crippen molar-refractivity contribution in [2.45, 2.75) is 6.92 Å². The summed E-state index contributed by atoms with van der Waals surface area (Å²) in [5.41, 5.74) is 0.511. The van der Waals surface area contributed by atoms with E-state index in [0.29, 0.717) is 28.8 Å². The van der Waals surface area contributed by atoms with Crippen molar-refractivity contribution in [3.8, 4) is 11.5 Å². The molecule has 0 atom stereocenters. The molecule has 2 amide bonds. The van der Waals surface area contributed by atoms with Gasteiger partial charge >= 0.3 is 11.9 Å². The van der Waals surface area contributed by atoms with E-state index in [2.05, 4.69) is 0 Å². The Bertz CT molecular complexity index is 788. The van der Waals surface area contributed by atoms with Gasteiger partial charge in [0.2, 0.25) is 0 Å². The lowest BCUT2D eigenvalue weighted by Gasteiger charge is -2.11. The van der Waals surface area contributed by atoms with E-state index >= 15 is 0 Å². The number of carbonyl (C=O) groups is 4. The zero-order valence-electron chi connectivity index (χ0n) is 13.6. The van der Waals surface area contributed by atoms with E-state index in [-0.39, 0.29) is 16.4 Å². The Balaban J connectivity index is 2.25. The molecule has 9 nitrogen and oxygen atoms in total. The molecule has 138 valence electrons. The standard InChI is InChI=1S/C16H15NO8S/c1-2-24-11-5-9(3-4-10(11)25-8-14(20)21)6-12-15(22)17(7-13(18)19)16(23)26-12/h3-6H,2,7-8H2,1H3,(H,18,19)(H,20,21)/b12-6+. The van der Waals surface area contributed by atoms with Crippen molar-refractivity contribution in [2.75, 3.05) is 19.8 Å². The van der Waals surface area contributed by atoms with Crippen molar-refractivity contribution in [2.24, 2.45) is 0 Å². The molecule has 0 aliphatic carbocycles. The molecule has 1 aromatic rings. The summed E-state index contributed by atoms with van der Waals surface area (Å²) in [5, 5.41) is 16.8. The van der Waals surface area contributed by atoms with Gasteiger partial charge in [-0.05, 0) is 42.5 Å². The van der Waals surface area contributed by atoms with Gasteiger partial charge in [0.25, 0.3) is 11.1 Å². The number of ether oxygens (including phenoxy) is 2. The highest BCUT2D eigenvalue weighted by atomic mass is 32.2. The van der Waals surface area contributed by atoms with E-state index in [1.165, 1.54) is 18.2 Å². The second-order valence-electron chi connectivity index (χ2n) is 4.98. The van der Waals surface area contributed by atoms with Gasteiger partial charge in [0, 0.05) is 0 Å². The molecule has 1 aliphatic rings. The van der Waals surface area contributed by atoms with Crippen LogP contribution in [0.1, 0.15) is 12.5 Å². The van der Waals surface area contributed by atoms with Crippen LogP contribution in [0.3, 0.4) is 0 Å². The average molecular weight is 381 g/mol. The lowest BCUT2D eigenvalue weighted by atomic mass is 10.2. The van der Waals surface area contributed by atoms with E-state index < -0.39 is 36.2 Å². The number of hydrogen-bond acceptors (Lipinski definition) is 7. The van der Waals surface area contributed by atoms with Gasteiger partial charge in [-0.15, -0.1) is 0 Å². The maximum atomic E-state index is 12.1. The zero-order valence-corrected chi connectivity index (χ0v) is 14.4. The molecule has 1 heterocycles. The van der Waals surface area contributed by atoms with E-state index in [0.717, 1.165) is 0 Å². The van der Waals surface area contributed by atoms with Crippen LogP contribution < -0.4 is 9.47 Å². The lowest BCUT2D eigenvalue weighted by molar-refractivity contribution is -0.140. The minimum atomic E-state index is -1.29. The fourth-order valence-electron chi connectivity index (χ4n) is 2.06. The summed E-state index contributed by atoms with van der Waals surface area (Å²) >= 11 is 0.642. The van der Waals surface area contributed by atoms with Crippen LogP contribution in [0.25, 0.3) is 6.08 Å². The highest BCUT2D eigenvalue weighted by Gasteiger charge is 2.36. The topological polar surface area (TPSA) is 130 Å². The molecule has 0 spiro atoms. The molecule has 2 N–H and O–H groups in total. The third-order valence-corrected chi connectivity index (χ3v) is 3.99. The number of carboxylic acids is 2. The number of rotatable bonds is 8. The molecular weight excluding hydrogens is 366 g/mol. The Morgan fingerprint density at radius 2 is 1.88 bits per heavy atom. The van der Waals surface area contributed by atoms with Crippen molar-refractivity contribution >= 4 is 40.9 Å². The second kappa shape index (κ2) is 8.39.